The van der Waals surface area contributed by atoms with Crippen LogP contribution in [0.25, 0.3) is 0 Å². The highest BCUT2D eigenvalue weighted by Crippen LogP contribution is 2.31. The number of β-amino-alcohol motifs (C(OH)–C–C–N with tert-alkyl or cyclic N) is 1. The number of hydrogen-bond donors (Lipinski definition) is 1. The zero-order valence-corrected chi connectivity index (χ0v) is 19.7. The van der Waals surface area contributed by atoms with Crippen LogP contribution in [0.5, 0.6) is 11.6 Å². The molecule has 1 unspecified atom stereocenters. The molecule has 0 amide bonds. The van der Waals surface area contributed by atoms with Crippen LogP contribution in [0.4, 0.5) is 19.1 Å². The molecule has 1 aliphatic heterocycles. The maximum atomic E-state index is 12.7. The summed E-state index contributed by atoms with van der Waals surface area (Å²) in [5, 5.41) is 10.6. The van der Waals surface area contributed by atoms with E-state index < -0.39 is 33.3 Å². The number of aliphatic hydroxyl groups excluding tert-OH is 1. The molecule has 0 spiro atoms. The van der Waals surface area contributed by atoms with E-state index in [1.165, 1.54) is 17.7 Å². The number of methoxy groups -OCH3 is 1. The molecule has 1 N–H and O–H groups in total. The Morgan fingerprint density at radius 1 is 1.19 bits per heavy atom. The fourth-order valence-electron chi connectivity index (χ4n) is 3.62. The molecule has 0 radical (unpaired) electrons. The van der Waals surface area contributed by atoms with E-state index >= 15 is 0 Å². The molecule has 0 aliphatic carbocycles. The second-order valence-corrected chi connectivity index (χ2v) is 9.43. The van der Waals surface area contributed by atoms with Crippen molar-refractivity contribution in [3.05, 3.63) is 69.5 Å². The van der Waals surface area contributed by atoms with E-state index in [9.17, 15) is 31.5 Å². The summed E-state index contributed by atoms with van der Waals surface area (Å²) in [6.07, 6.45) is 0.232. The SMILES string of the molecule is COc1ccc2c(c1)C(O)CN(c1nc(C)n(Cc3ccc(OS(=O)(=O)C(F)(F)F)nc3)c(=O)n1)C2. The number of alkyl halides is 3. The van der Waals surface area contributed by atoms with Gasteiger partial charge in [-0.3, -0.25) is 4.57 Å². The monoisotopic (exact) mass is 527 g/mol. The standard InChI is InChI=1S/C21H20F3N5O6S/c1-12-26-19(28-10-14-4-5-15(34-2)7-16(14)17(30)11-28)27-20(31)29(12)9-13-3-6-18(25-8-13)35-36(32,33)21(22,23)24/h3-8,17,30H,9-11H2,1-2H3. The van der Waals surface area contributed by atoms with Crippen molar-refractivity contribution < 1.29 is 35.6 Å². The van der Waals surface area contributed by atoms with Crippen LogP contribution in [0, 0.1) is 6.92 Å². The highest BCUT2D eigenvalue weighted by Gasteiger charge is 2.48. The maximum absolute atomic E-state index is 12.7. The predicted octanol–water partition coefficient (Wildman–Crippen LogP) is 1.68. The quantitative estimate of drug-likeness (QED) is 0.372. The van der Waals surface area contributed by atoms with E-state index in [0.29, 0.717) is 23.7 Å². The van der Waals surface area contributed by atoms with Crippen molar-refractivity contribution >= 4 is 16.1 Å². The van der Waals surface area contributed by atoms with Crippen molar-refractivity contribution in [2.45, 2.75) is 31.6 Å². The van der Waals surface area contributed by atoms with E-state index in [-0.39, 0.29) is 19.0 Å². The largest absolute Gasteiger partial charge is 0.534 e. The highest BCUT2D eigenvalue weighted by molar-refractivity contribution is 7.87. The van der Waals surface area contributed by atoms with E-state index in [1.807, 2.05) is 6.07 Å². The number of benzene rings is 1. The molecule has 1 aromatic carbocycles. The van der Waals surface area contributed by atoms with Crippen LogP contribution < -0.4 is 19.5 Å². The molecule has 1 aliphatic rings. The molecule has 4 rings (SSSR count). The lowest BCUT2D eigenvalue weighted by atomic mass is 9.97. The fraction of sp³-hybridized carbons (Fsp3) is 0.333. The third-order valence-electron chi connectivity index (χ3n) is 5.45. The molecule has 0 bridgehead atoms. The first-order chi connectivity index (χ1) is 16.9. The minimum atomic E-state index is -5.84. The van der Waals surface area contributed by atoms with Gasteiger partial charge in [0.05, 0.1) is 26.3 Å². The first-order valence-corrected chi connectivity index (χ1v) is 11.8. The van der Waals surface area contributed by atoms with Gasteiger partial charge in [-0.1, -0.05) is 12.1 Å². The van der Waals surface area contributed by atoms with Gasteiger partial charge >= 0.3 is 21.3 Å². The number of nitrogens with zero attached hydrogens (tertiary/aromatic N) is 5. The number of aryl methyl sites for hydroxylation is 1. The Kier molecular flexibility index (Phi) is 6.62. The molecule has 0 fully saturated rings. The molecule has 11 nitrogen and oxygen atoms in total. The van der Waals surface area contributed by atoms with Crippen molar-refractivity contribution in [2.24, 2.45) is 0 Å². The minimum Gasteiger partial charge on any atom is -0.497 e. The molecule has 3 aromatic rings. The average Bonchev–Trinajstić information content (AvgIpc) is 2.81. The van der Waals surface area contributed by atoms with E-state index in [2.05, 4.69) is 19.1 Å². The summed E-state index contributed by atoms with van der Waals surface area (Å²) in [4.78, 5) is 26.4. The van der Waals surface area contributed by atoms with Crippen LogP contribution in [-0.2, 0) is 23.2 Å². The van der Waals surface area contributed by atoms with Crippen LogP contribution >= 0.6 is 0 Å². The number of rotatable bonds is 6. The summed E-state index contributed by atoms with van der Waals surface area (Å²) in [6.45, 7) is 2.03. The summed E-state index contributed by atoms with van der Waals surface area (Å²) in [7, 11) is -4.31. The Labute approximate surface area is 202 Å². The molecular weight excluding hydrogens is 507 g/mol. The van der Waals surface area contributed by atoms with Crippen molar-refractivity contribution in [3.8, 4) is 11.6 Å². The molecule has 2 aromatic heterocycles. The van der Waals surface area contributed by atoms with Gasteiger partial charge in [0, 0.05) is 18.8 Å². The van der Waals surface area contributed by atoms with Crippen molar-refractivity contribution in [1.29, 1.82) is 0 Å². The number of fused-ring (bicyclic) bond motifs is 1. The molecule has 0 saturated heterocycles. The topological polar surface area (TPSA) is 137 Å². The van der Waals surface area contributed by atoms with Crippen LogP contribution in [-0.4, -0.2) is 52.2 Å². The lowest BCUT2D eigenvalue weighted by molar-refractivity contribution is -0.0501. The minimum absolute atomic E-state index is 0.0739. The van der Waals surface area contributed by atoms with Gasteiger partial charge in [-0.05, 0) is 35.7 Å². The molecule has 1 atom stereocenters. The Hall–Kier alpha value is -3.72. The van der Waals surface area contributed by atoms with E-state index in [1.54, 1.807) is 24.0 Å². The third-order valence-corrected chi connectivity index (χ3v) is 6.40. The molecular formula is C21H20F3N5O6S. The summed E-state index contributed by atoms with van der Waals surface area (Å²) in [5.74, 6) is 0.272. The lowest BCUT2D eigenvalue weighted by Gasteiger charge is -2.32. The van der Waals surface area contributed by atoms with E-state index in [4.69, 9.17) is 4.74 Å². The third kappa shape index (κ3) is 5.11. The van der Waals surface area contributed by atoms with Crippen LogP contribution in [0.3, 0.4) is 0 Å². The Morgan fingerprint density at radius 3 is 2.56 bits per heavy atom. The fourth-order valence-corrected chi connectivity index (χ4v) is 4.04. The summed E-state index contributed by atoms with van der Waals surface area (Å²) in [5.41, 5.74) is -4.31. The number of aromatic nitrogens is 4. The zero-order chi connectivity index (χ0) is 26.3. The van der Waals surface area contributed by atoms with Crippen molar-refractivity contribution in [1.82, 2.24) is 19.5 Å². The highest BCUT2D eigenvalue weighted by atomic mass is 32.2. The summed E-state index contributed by atoms with van der Waals surface area (Å²) >= 11 is 0. The molecule has 36 heavy (non-hydrogen) atoms. The lowest BCUT2D eigenvalue weighted by Crippen LogP contribution is -2.38. The van der Waals surface area contributed by atoms with E-state index in [0.717, 1.165) is 23.4 Å². The van der Waals surface area contributed by atoms with Crippen LogP contribution in [0.1, 0.15) is 28.6 Å². The Balaban J connectivity index is 1.52. The number of aliphatic hydroxyl groups is 1. The second-order valence-electron chi connectivity index (χ2n) is 7.89. The smallest absolute Gasteiger partial charge is 0.497 e. The van der Waals surface area contributed by atoms with Gasteiger partial charge in [-0.2, -0.15) is 31.6 Å². The first kappa shape index (κ1) is 25.4. The number of halogens is 3. The number of ether oxygens (including phenoxy) is 1. The average molecular weight is 527 g/mol. The van der Waals surface area contributed by atoms with Gasteiger partial charge in [0.25, 0.3) is 0 Å². The zero-order valence-electron chi connectivity index (χ0n) is 18.9. The Morgan fingerprint density at radius 2 is 1.94 bits per heavy atom. The van der Waals surface area contributed by atoms with Gasteiger partial charge in [-0.15, -0.1) is 0 Å². The molecule has 0 saturated carbocycles. The van der Waals surface area contributed by atoms with Crippen molar-refractivity contribution in [2.75, 3.05) is 18.6 Å². The number of hydrogen-bond acceptors (Lipinski definition) is 10. The predicted molar refractivity (Wildman–Crippen MR) is 119 cm³/mol. The van der Waals surface area contributed by atoms with Crippen LogP contribution in [0.15, 0.2) is 41.3 Å². The second kappa shape index (κ2) is 9.39. The number of pyridine rings is 1. The molecule has 15 heteroatoms. The normalized spacial score (nSPS) is 15.9. The maximum Gasteiger partial charge on any atom is 0.534 e. The van der Waals surface area contributed by atoms with Gasteiger partial charge in [0.2, 0.25) is 11.8 Å². The Bertz CT molecular complexity index is 1440. The molecule has 3 heterocycles. The van der Waals surface area contributed by atoms with Gasteiger partial charge in [-0.25, -0.2) is 9.78 Å². The summed E-state index contributed by atoms with van der Waals surface area (Å²) in [6, 6.07) is 7.54. The van der Waals surface area contributed by atoms with Crippen molar-refractivity contribution in [3.63, 3.8) is 0 Å². The van der Waals surface area contributed by atoms with Crippen LogP contribution in [0.2, 0.25) is 0 Å². The first-order valence-electron chi connectivity index (χ1n) is 10.4. The van der Waals surface area contributed by atoms with Gasteiger partial charge in [0.1, 0.15) is 11.6 Å². The number of anilines is 1. The van der Waals surface area contributed by atoms with Gasteiger partial charge in [0.15, 0.2) is 0 Å². The molecule has 192 valence electrons. The van der Waals surface area contributed by atoms with Gasteiger partial charge < -0.3 is 18.9 Å². The summed E-state index contributed by atoms with van der Waals surface area (Å²) < 4.78 is 69.9.